The number of hydrogen-bond acceptors (Lipinski definition) is 4. The van der Waals surface area contributed by atoms with E-state index in [-0.39, 0.29) is 18.7 Å². The molecule has 3 nitrogen and oxygen atoms in total. The van der Waals surface area contributed by atoms with Crippen molar-refractivity contribution in [3.63, 3.8) is 0 Å². The molecule has 0 radical (unpaired) electrons. The first-order valence-electron chi connectivity index (χ1n) is 5.45. The minimum atomic E-state index is 0.0528. The number of aliphatic hydroxyl groups is 1. The minimum Gasteiger partial charge on any atom is -0.395 e. The fraction of sp³-hybridized carbons (Fsp3) is 0.636. The van der Waals surface area contributed by atoms with Crippen molar-refractivity contribution < 1.29 is 5.11 Å². The van der Waals surface area contributed by atoms with Gasteiger partial charge in [0.2, 0.25) is 0 Å². The highest BCUT2D eigenvalue weighted by molar-refractivity contribution is 9.11. The minimum absolute atomic E-state index is 0.0528. The number of aliphatic hydroxyl groups excluding tert-OH is 1. The average molecular weight is 307 g/mol. The van der Waals surface area contributed by atoms with Gasteiger partial charge in [-0.1, -0.05) is 6.92 Å². The fourth-order valence-electron chi connectivity index (χ4n) is 1.88. The Kier molecular flexibility index (Phi) is 5.92. The number of rotatable bonds is 6. The van der Waals surface area contributed by atoms with Crippen molar-refractivity contribution >= 4 is 27.3 Å². The lowest BCUT2D eigenvalue weighted by Gasteiger charge is -2.32. The van der Waals surface area contributed by atoms with Gasteiger partial charge in [-0.15, -0.1) is 11.3 Å². The number of nitrogens with two attached hydrogens (primary N) is 1. The molecule has 0 spiro atoms. The summed E-state index contributed by atoms with van der Waals surface area (Å²) in [5, 5.41) is 9.06. The van der Waals surface area contributed by atoms with E-state index in [1.54, 1.807) is 11.3 Å². The quantitative estimate of drug-likeness (QED) is 0.847. The fourth-order valence-corrected chi connectivity index (χ4v) is 3.56. The van der Waals surface area contributed by atoms with Gasteiger partial charge in [-0.2, -0.15) is 0 Å². The second-order valence-corrected chi connectivity index (χ2v) is 6.29. The van der Waals surface area contributed by atoms with Crippen molar-refractivity contribution in [1.82, 2.24) is 4.90 Å². The highest BCUT2D eigenvalue weighted by atomic mass is 79.9. The molecule has 1 rings (SSSR count). The van der Waals surface area contributed by atoms with Gasteiger partial charge in [0.1, 0.15) is 0 Å². The average Bonchev–Trinajstić information content (AvgIpc) is 2.63. The zero-order chi connectivity index (χ0) is 12.1. The van der Waals surface area contributed by atoms with E-state index >= 15 is 0 Å². The highest BCUT2D eigenvalue weighted by Crippen LogP contribution is 2.32. The second-order valence-electron chi connectivity index (χ2n) is 3.80. The molecular weight excluding hydrogens is 288 g/mol. The zero-order valence-electron chi connectivity index (χ0n) is 9.69. The van der Waals surface area contributed by atoms with Crippen molar-refractivity contribution in [3.8, 4) is 0 Å². The first-order valence-corrected chi connectivity index (χ1v) is 7.06. The molecule has 1 heterocycles. The Balaban J connectivity index is 2.89. The van der Waals surface area contributed by atoms with Crippen molar-refractivity contribution in [3.05, 3.63) is 20.8 Å². The van der Waals surface area contributed by atoms with Gasteiger partial charge in [0.15, 0.2) is 0 Å². The maximum absolute atomic E-state index is 9.06. The van der Waals surface area contributed by atoms with E-state index < -0.39 is 0 Å². The normalized spacial score (nSPS) is 15.4. The molecule has 0 saturated heterocycles. The van der Waals surface area contributed by atoms with Crippen LogP contribution >= 0.6 is 27.3 Å². The molecule has 1 aromatic rings. The van der Waals surface area contributed by atoms with E-state index in [4.69, 9.17) is 10.8 Å². The van der Waals surface area contributed by atoms with Gasteiger partial charge in [0.25, 0.3) is 0 Å². The van der Waals surface area contributed by atoms with Crippen LogP contribution < -0.4 is 5.73 Å². The summed E-state index contributed by atoms with van der Waals surface area (Å²) in [4.78, 5) is 3.46. The van der Waals surface area contributed by atoms with Gasteiger partial charge in [-0.3, -0.25) is 4.90 Å². The lowest BCUT2D eigenvalue weighted by Crippen LogP contribution is -2.40. The largest absolute Gasteiger partial charge is 0.395 e. The number of likely N-dealkylation sites (N-methyl/N-ethyl adjacent to an activating group) is 1. The third-order valence-corrected chi connectivity index (χ3v) is 4.26. The topological polar surface area (TPSA) is 49.5 Å². The zero-order valence-corrected chi connectivity index (χ0v) is 12.1. The van der Waals surface area contributed by atoms with Gasteiger partial charge in [0, 0.05) is 17.5 Å². The summed E-state index contributed by atoms with van der Waals surface area (Å²) >= 11 is 5.18. The molecule has 0 amide bonds. The Labute approximate surface area is 109 Å². The van der Waals surface area contributed by atoms with Crippen LogP contribution in [0.1, 0.15) is 24.8 Å². The predicted octanol–water partition coefficient (Wildman–Crippen LogP) is 2.21. The summed E-state index contributed by atoms with van der Waals surface area (Å²) in [5.41, 5.74) is 6.05. The van der Waals surface area contributed by atoms with Gasteiger partial charge in [-0.05, 0) is 41.5 Å². The Hall–Kier alpha value is 0.0600. The molecule has 0 aliphatic heterocycles. The van der Waals surface area contributed by atoms with Gasteiger partial charge in [0.05, 0.1) is 16.4 Å². The third-order valence-electron chi connectivity index (χ3n) is 2.57. The van der Waals surface area contributed by atoms with Crippen molar-refractivity contribution in [1.29, 1.82) is 0 Å². The summed E-state index contributed by atoms with van der Waals surface area (Å²) in [6.45, 7) is 5.83. The molecule has 0 saturated carbocycles. The van der Waals surface area contributed by atoms with Gasteiger partial charge >= 0.3 is 0 Å². The maximum atomic E-state index is 9.06. The maximum Gasteiger partial charge on any atom is 0.0702 e. The summed E-state index contributed by atoms with van der Waals surface area (Å²) in [6.07, 6.45) is 0. The molecule has 2 unspecified atom stereocenters. The van der Waals surface area contributed by atoms with Crippen molar-refractivity contribution in [2.24, 2.45) is 5.73 Å². The van der Waals surface area contributed by atoms with Crippen LogP contribution in [0, 0.1) is 0 Å². The molecule has 16 heavy (non-hydrogen) atoms. The summed E-state index contributed by atoms with van der Waals surface area (Å²) in [7, 11) is 0. The molecular formula is C11H19BrN2OS. The van der Waals surface area contributed by atoms with E-state index in [1.807, 2.05) is 13.0 Å². The first kappa shape index (κ1) is 14.1. The van der Waals surface area contributed by atoms with E-state index in [9.17, 15) is 0 Å². The molecule has 0 bridgehead atoms. The summed E-state index contributed by atoms with van der Waals surface area (Å²) in [5.74, 6) is 0. The molecule has 5 heteroatoms. The van der Waals surface area contributed by atoms with Crippen LogP contribution in [-0.2, 0) is 0 Å². The summed E-state index contributed by atoms with van der Waals surface area (Å²) < 4.78 is 1.12. The smallest absolute Gasteiger partial charge is 0.0702 e. The molecule has 3 N–H and O–H groups in total. The first-order chi connectivity index (χ1) is 7.60. The molecule has 92 valence electrons. The molecule has 0 aromatic carbocycles. The molecule has 0 aliphatic carbocycles. The number of thiophene rings is 1. The van der Waals surface area contributed by atoms with Crippen LogP contribution in [0.2, 0.25) is 0 Å². The molecule has 0 fully saturated rings. The standard InChI is InChI=1S/C11H19BrN2OS/c1-3-14(6-7-15)11(8(2)13)9-4-5-10(12)16-9/h4-5,8,11,15H,3,6-7,13H2,1-2H3. The number of hydrogen-bond donors (Lipinski definition) is 2. The van der Waals surface area contributed by atoms with Crippen LogP contribution in [-0.4, -0.2) is 35.7 Å². The van der Waals surface area contributed by atoms with Crippen LogP contribution in [0.3, 0.4) is 0 Å². The Morgan fingerprint density at radius 3 is 2.62 bits per heavy atom. The lowest BCUT2D eigenvalue weighted by molar-refractivity contribution is 0.145. The lowest BCUT2D eigenvalue weighted by atomic mass is 10.1. The Bertz CT molecular complexity index is 317. The SMILES string of the molecule is CCN(CCO)C(c1ccc(Br)s1)C(C)N. The van der Waals surface area contributed by atoms with Crippen molar-refractivity contribution in [2.45, 2.75) is 25.9 Å². The summed E-state index contributed by atoms with van der Waals surface area (Å²) in [6, 6.07) is 4.39. The van der Waals surface area contributed by atoms with Crippen LogP contribution in [0.15, 0.2) is 15.9 Å². The van der Waals surface area contributed by atoms with E-state index in [1.165, 1.54) is 4.88 Å². The Morgan fingerprint density at radius 1 is 1.56 bits per heavy atom. The van der Waals surface area contributed by atoms with Gasteiger partial charge < -0.3 is 10.8 Å². The Morgan fingerprint density at radius 2 is 2.25 bits per heavy atom. The second kappa shape index (κ2) is 6.71. The molecule has 0 aliphatic rings. The third kappa shape index (κ3) is 3.53. The van der Waals surface area contributed by atoms with E-state index in [0.29, 0.717) is 6.54 Å². The predicted molar refractivity (Wildman–Crippen MR) is 72.7 cm³/mol. The number of nitrogens with zero attached hydrogens (tertiary/aromatic N) is 1. The van der Waals surface area contributed by atoms with Gasteiger partial charge in [-0.25, -0.2) is 0 Å². The van der Waals surface area contributed by atoms with E-state index in [0.717, 1.165) is 10.3 Å². The molecule has 1 aromatic heterocycles. The molecule has 2 atom stereocenters. The van der Waals surface area contributed by atoms with Crippen LogP contribution in [0.4, 0.5) is 0 Å². The number of halogens is 1. The van der Waals surface area contributed by atoms with Crippen molar-refractivity contribution in [2.75, 3.05) is 19.7 Å². The van der Waals surface area contributed by atoms with Crippen LogP contribution in [0.25, 0.3) is 0 Å². The highest BCUT2D eigenvalue weighted by Gasteiger charge is 2.23. The van der Waals surface area contributed by atoms with Crippen LogP contribution in [0.5, 0.6) is 0 Å². The van der Waals surface area contributed by atoms with E-state index in [2.05, 4.69) is 33.8 Å². The monoisotopic (exact) mass is 306 g/mol.